The second kappa shape index (κ2) is 12.0. The number of aromatic nitrogens is 1. The molecule has 0 N–H and O–H groups in total. The Bertz CT molecular complexity index is 1060. The van der Waals surface area contributed by atoms with Crippen molar-refractivity contribution in [2.45, 2.75) is 0 Å². The summed E-state index contributed by atoms with van der Waals surface area (Å²) in [7, 11) is 3.20. The van der Waals surface area contributed by atoms with Crippen molar-refractivity contribution in [1.29, 1.82) is 0 Å². The number of rotatable bonds is 9. The molecule has 178 valence electrons. The van der Waals surface area contributed by atoms with Crippen molar-refractivity contribution >= 4 is 45.0 Å². The summed E-state index contributed by atoms with van der Waals surface area (Å²) in [6.45, 7) is 4.29. The highest BCUT2D eigenvalue weighted by Crippen LogP contribution is 2.32. The molecule has 1 aliphatic rings. The molecule has 2 aromatic carbocycles. The first-order chi connectivity index (χ1) is 15.7. The van der Waals surface area contributed by atoms with Gasteiger partial charge in [-0.25, -0.2) is 4.98 Å². The minimum absolute atomic E-state index is 0. The molecule has 8 nitrogen and oxygen atoms in total. The summed E-state index contributed by atoms with van der Waals surface area (Å²) in [5, 5.41) is 0.648. The molecular weight excluding hydrogens is 466 g/mol. The lowest BCUT2D eigenvalue weighted by atomic mass is 10.3. The first-order valence-electron chi connectivity index (χ1n) is 10.5. The number of hydrogen-bond acceptors (Lipinski definition) is 8. The molecule has 1 saturated heterocycles. The SMILES string of the molecule is COc1ccc2sc(N(CCN3CCOCC3)C(=O)COc3ccccc3OC)nc2c1.Cl. The van der Waals surface area contributed by atoms with Gasteiger partial charge in [-0.1, -0.05) is 23.5 Å². The molecule has 1 amide bonds. The van der Waals surface area contributed by atoms with Gasteiger partial charge >= 0.3 is 0 Å². The van der Waals surface area contributed by atoms with Gasteiger partial charge in [0, 0.05) is 32.2 Å². The molecule has 1 aliphatic heterocycles. The fourth-order valence-electron chi connectivity index (χ4n) is 3.49. The molecule has 0 spiro atoms. The minimum Gasteiger partial charge on any atom is -0.497 e. The number of ether oxygens (including phenoxy) is 4. The number of morpholine rings is 1. The first kappa shape index (κ1) is 25.0. The maximum Gasteiger partial charge on any atom is 0.266 e. The number of halogens is 1. The fraction of sp³-hybridized carbons (Fsp3) is 0.391. The minimum atomic E-state index is -0.157. The van der Waals surface area contributed by atoms with E-state index >= 15 is 0 Å². The van der Waals surface area contributed by atoms with Gasteiger partial charge in [0.15, 0.2) is 23.2 Å². The second-order valence-electron chi connectivity index (χ2n) is 7.27. The lowest BCUT2D eigenvalue weighted by molar-refractivity contribution is -0.120. The van der Waals surface area contributed by atoms with Gasteiger partial charge in [-0.2, -0.15) is 0 Å². The van der Waals surface area contributed by atoms with Gasteiger partial charge in [0.2, 0.25) is 0 Å². The average Bonchev–Trinajstić information content (AvgIpc) is 3.26. The predicted octanol–water partition coefficient (Wildman–Crippen LogP) is 3.48. The highest BCUT2D eigenvalue weighted by Gasteiger charge is 2.22. The Balaban J connectivity index is 0.00000306. The monoisotopic (exact) mass is 493 g/mol. The lowest BCUT2D eigenvalue weighted by Gasteiger charge is -2.29. The number of methoxy groups -OCH3 is 2. The molecular formula is C23H28ClN3O5S. The summed E-state index contributed by atoms with van der Waals surface area (Å²) in [5.74, 6) is 1.70. The Morgan fingerprint density at radius 1 is 1.12 bits per heavy atom. The van der Waals surface area contributed by atoms with E-state index in [0.29, 0.717) is 36.4 Å². The molecule has 0 saturated carbocycles. The van der Waals surface area contributed by atoms with E-state index in [9.17, 15) is 4.79 Å². The van der Waals surface area contributed by atoms with Crippen LogP contribution < -0.4 is 19.1 Å². The molecule has 33 heavy (non-hydrogen) atoms. The van der Waals surface area contributed by atoms with E-state index in [1.54, 1.807) is 31.3 Å². The summed E-state index contributed by atoms with van der Waals surface area (Å²) < 4.78 is 22.9. The zero-order valence-electron chi connectivity index (χ0n) is 18.7. The lowest BCUT2D eigenvalue weighted by Crippen LogP contribution is -2.44. The third-order valence-corrected chi connectivity index (χ3v) is 6.34. The topological polar surface area (TPSA) is 73.4 Å². The van der Waals surface area contributed by atoms with Crippen molar-refractivity contribution in [3.8, 4) is 17.2 Å². The van der Waals surface area contributed by atoms with Crippen LogP contribution in [0.2, 0.25) is 0 Å². The number of carbonyl (C=O) groups is 1. The highest BCUT2D eigenvalue weighted by atomic mass is 35.5. The Kier molecular flexibility index (Phi) is 9.13. The Morgan fingerprint density at radius 2 is 1.88 bits per heavy atom. The van der Waals surface area contributed by atoms with E-state index in [1.807, 2.05) is 30.3 Å². The summed E-state index contributed by atoms with van der Waals surface area (Å²) in [6, 6.07) is 13.0. The number of benzene rings is 2. The van der Waals surface area contributed by atoms with Crippen molar-refractivity contribution < 1.29 is 23.7 Å². The van der Waals surface area contributed by atoms with Crippen molar-refractivity contribution in [3.05, 3.63) is 42.5 Å². The highest BCUT2D eigenvalue weighted by molar-refractivity contribution is 7.22. The molecule has 0 aliphatic carbocycles. The van der Waals surface area contributed by atoms with Crippen LogP contribution in [0.3, 0.4) is 0 Å². The summed E-state index contributed by atoms with van der Waals surface area (Å²) in [4.78, 5) is 22.0. The zero-order valence-corrected chi connectivity index (χ0v) is 20.3. The zero-order chi connectivity index (χ0) is 22.3. The quantitative estimate of drug-likeness (QED) is 0.452. The fourth-order valence-corrected chi connectivity index (χ4v) is 4.48. The van der Waals surface area contributed by atoms with E-state index in [1.165, 1.54) is 11.3 Å². The van der Waals surface area contributed by atoms with E-state index in [0.717, 1.165) is 35.6 Å². The van der Waals surface area contributed by atoms with Crippen LogP contribution in [0.1, 0.15) is 0 Å². The van der Waals surface area contributed by atoms with Gasteiger partial charge in [0.05, 0.1) is 37.6 Å². The van der Waals surface area contributed by atoms with E-state index in [4.69, 9.17) is 23.9 Å². The maximum atomic E-state index is 13.2. The predicted molar refractivity (Wildman–Crippen MR) is 132 cm³/mol. The van der Waals surface area contributed by atoms with Gasteiger partial charge in [0.25, 0.3) is 5.91 Å². The van der Waals surface area contributed by atoms with E-state index in [-0.39, 0.29) is 24.9 Å². The Labute approximate surface area is 203 Å². The number of carbonyl (C=O) groups excluding carboxylic acids is 1. The Morgan fingerprint density at radius 3 is 2.61 bits per heavy atom. The van der Waals surface area contributed by atoms with Crippen LogP contribution in [0.15, 0.2) is 42.5 Å². The van der Waals surface area contributed by atoms with Crippen LogP contribution in [-0.2, 0) is 9.53 Å². The summed E-state index contributed by atoms with van der Waals surface area (Å²) in [5.41, 5.74) is 0.805. The first-order valence-corrected chi connectivity index (χ1v) is 11.3. The molecule has 0 atom stereocenters. The third kappa shape index (κ3) is 6.26. The summed E-state index contributed by atoms with van der Waals surface area (Å²) in [6.07, 6.45) is 0. The van der Waals surface area contributed by atoms with Crippen LogP contribution >= 0.6 is 23.7 Å². The Hall–Kier alpha value is -2.59. The van der Waals surface area contributed by atoms with Crippen LogP contribution in [0.5, 0.6) is 17.2 Å². The number of nitrogens with zero attached hydrogens (tertiary/aromatic N) is 3. The van der Waals surface area contributed by atoms with E-state index in [2.05, 4.69) is 4.90 Å². The largest absolute Gasteiger partial charge is 0.497 e. The number of thiazole rings is 1. The number of amides is 1. The van der Waals surface area contributed by atoms with Crippen LogP contribution in [0.4, 0.5) is 5.13 Å². The number of para-hydroxylation sites is 2. The number of anilines is 1. The molecule has 10 heteroatoms. The standard InChI is InChI=1S/C23H27N3O5S.ClH/c1-28-17-7-8-21-18(15-17)24-23(32-21)26(10-9-25-11-13-30-14-12-25)22(27)16-31-20-6-4-3-5-19(20)29-2;/h3-8,15H,9-14,16H2,1-2H3;1H. The summed E-state index contributed by atoms with van der Waals surface area (Å²) >= 11 is 1.48. The number of hydrogen-bond donors (Lipinski definition) is 0. The van der Waals surface area contributed by atoms with Gasteiger partial charge in [-0.3, -0.25) is 14.6 Å². The van der Waals surface area contributed by atoms with Crippen molar-refractivity contribution in [3.63, 3.8) is 0 Å². The van der Waals surface area contributed by atoms with E-state index < -0.39 is 0 Å². The van der Waals surface area contributed by atoms with Crippen molar-refractivity contribution in [2.24, 2.45) is 0 Å². The van der Waals surface area contributed by atoms with Crippen molar-refractivity contribution in [2.75, 3.05) is 65.1 Å². The second-order valence-corrected chi connectivity index (χ2v) is 8.28. The average molecular weight is 494 g/mol. The van der Waals surface area contributed by atoms with Gasteiger partial charge in [-0.15, -0.1) is 12.4 Å². The molecule has 4 rings (SSSR count). The normalized spacial score (nSPS) is 13.9. The van der Waals surface area contributed by atoms with Gasteiger partial charge in [-0.05, 0) is 24.3 Å². The molecule has 0 bridgehead atoms. The molecule has 0 radical (unpaired) electrons. The number of fused-ring (bicyclic) bond motifs is 1. The van der Waals surface area contributed by atoms with Crippen LogP contribution in [-0.4, -0.2) is 76.0 Å². The molecule has 1 fully saturated rings. The molecule has 2 heterocycles. The molecule has 3 aromatic rings. The van der Waals surface area contributed by atoms with Crippen LogP contribution in [0.25, 0.3) is 10.2 Å². The molecule has 0 unspecified atom stereocenters. The maximum absolute atomic E-state index is 13.2. The smallest absolute Gasteiger partial charge is 0.266 e. The van der Waals surface area contributed by atoms with Gasteiger partial charge < -0.3 is 18.9 Å². The molecule has 1 aromatic heterocycles. The van der Waals surface area contributed by atoms with Crippen molar-refractivity contribution in [1.82, 2.24) is 9.88 Å². The van der Waals surface area contributed by atoms with Gasteiger partial charge in [0.1, 0.15) is 5.75 Å². The third-order valence-electron chi connectivity index (χ3n) is 5.28. The van der Waals surface area contributed by atoms with Crippen LogP contribution in [0, 0.1) is 0 Å².